The topological polar surface area (TPSA) is 66.9 Å². The van der Waals surface area contributed by atoms with Crippen LogP contribution in [-0.2, 0) is 6.54 Å². The van der Waals surface area contributed by atoms with Crippen molar-refractivity contribution in [2.75, 3.05) is 5.32 Å². The predicted octanol–water partition coefficient (Wildman–Crippen LogP) is 4.46. The Balaban J connectivity index is 1.69. The summed E-state index contributed by atoms with van der Waals surface area (Å²) in [6.07, 6.45) is 4.93. The van der Waals surface area contributed by atoms with Gasteiger partial charge in [0, 0.05) is 46.6 Å². The SMILES string of the molecule is O=C(NCc1ccncc1)c1cc(Nc2cc(Cl)cc(Cl)c2)ccn1. The lowest BCUT2D eigenvalue weighted by Gasteiger charge is -2.09. The van der Waals surface area contributed by atoms with Crippen LogP contribution in [0.5, 0.6) is 0 Å². The Morgan fingerprint density at radius 3 is 2.36 bits per heavy atom. The first kappa shape index (κ1) is 17.2. The maximum atomic E-state index is 12.3. The number of halogens is 2. The highest BCUT2D eigenvalue weighted by Crippen LogP contribution is 2.25. The summed E-state index contributed by atoms with van der Waals surface area (Å²) in [7, 11) is 0. The summed E-state index contributed by atoms with van der Waals surface area (Å²) < 4.78 is 0. The van der Waals surface area contributed by atoms with E-state index in [-0.39, 0.29) is 5.91 Å². The lowest BCUT2D eigenvalue weighted by atomic mass is 10.2. The van der Waals surface area contributed by atoms with Gasteiger partial charge >= 0.3 is 0 Å². The molecule has 1 amide bonds. The van der Waals surface area contributed by atoms with Crippen molar-refractivity contribution in [2.45, 2.75) is 6.54 Å². The molecule has 25 heavy (non-hydrogen) atoms. The molecule has 2 N–H and O–H groups in total. The molecule has 0 bridgehead atoms. The number of nitrogens with zero attached hydrogens (tertiary/aromatic N) is 2. The van der Waals surface area contributed by atoms with Crippen LogP contribution < -0.4 is 10.6 Å². The summed E-state index contributed by atoms with van der Waals surface area (Å²) in [5.74, 6) is -0.260. The zero-order valence-electron chi connectivity index (χ0n) is 13.0. The minimum absolute atomic E-state index is 0.260. The van der Waals surface area contributed by atoms with Crippen LogP contribution in [0.4, 0.5) is 11.4 Å². The summed E-state index contributed by atoms with van der Waals surface area (Å²) in [5, 5.41) is 7.04. The van der Waals surface area contributed by atoms with Gasteiger partial charge in [0.15, 0.2) is 0 Å². The minimum atomic E-state index is -0.260. The van der Waals surface area contributed by atoms with Crippen molar-refractivity contribution in [1.29, 1.82) is 0 Å². The maximum Gasteiger partial charge on any atom is 0.270 e. The summed E-state index contributed by atoms with van der Waals surface area (Å²) in [6, 6.07) is 12.3. The van der Waals surface area contributed by atoms with Crippen LogP contribution >= 0.6 is 23.2 Å². The highest BCUT2D eigenvalue weighted by molar-refractivity contribution is 6.35. The molecule has 126 valence electrons. The van der Waals surface area contributed by atoms with E-state index in [1.165, 1.54) is 0 Å². The molecule has 0 unspecified atom stereocenters. The smallest absolute Gasteiger partial charge is 0.270 e. The number of hydrogen-bond acceptors (Lipinski definition) is 4. The predicted molar refractivity (Wildman–Crippen MR) is 99.4 cm³/mol. The van der Waals surface area contributed by atoms with E-state index in [0.717, 1.165) is 11.3 Å². The van der Waals surface area contributed by atoms with Gasteiger partial charge in [0.05, 0.1) is 0 Å². The second kappa shape index (κ2) is 7.96. The van der Waals surface area contributed by atoms with Crippen LogP contribution in [0.15, 0.2) is 61.1 Å². The van der Waals surface area contributed by atoms with Gasteiger partial charge in [0.25, 0.3) is 5.91 Å². The summed E-state index contributed by atoms with van der Waals surface area (Å²) in [4.78, 5) is 20.3. The maximum absolute atomic E-state index is 12.3. The van der Waals surface area contributed by atoms with Crippen LogP contribution in [0, 0.1) is 0 Å². The van der Waals surface area contributed by atoms with Crippen molar-refractivity contribution in [3.8, 4) is 0 Å². The lowest BCUT2D eigenvalue weighted by Crippen LogP contribution is -2.23. The molecular weight excluding hydrogens is 359 g/mol. The minimum Gasteiger partial charge on any atom is -0.355 e. The van der Waals surface area contributed by atoms with E-state index in [1.54, 1.807) is 48.9 Å². The molecule has 2 aromatic heterocycles. The zero-order valence-corrected chi connectivity index (χ0v) is 14.6. The number of aromatic nitrogens is 2. The molecular formula is C18H14Cl2N4O. The van der Waals surface area contributed by atoms with Crippen LogP contribution in [0.1, 0.15) is 16.1 Å². The molecule has 0 saturated carbocycles. The molecule has 0 saturated heterocycles. The number of benzene rings is 1. The molecule has 3 aromatic rings. The standard InChI is InChI=1S/C18H14Cl2N4O/c19-13-7-14(20)9-16(8-13)24-15-3-6-22-17(10-15)18(25)23-11-12-1-4-21-5-2-12/h1-10H,11H2,(H,22,24)(H,23,25). The quantitative estimate of drug-likeness (QED) is 0.693. The Morgan fingerprint density at radius 1 is 0.920 bits per heavy atom. The van der Waals surface area contributed by atoms with Crippen LogP contribution in [-0.4, -0.2) is 15.9 Å². The Kier molecular flexibility index (Phi) is 5.48. The molecule has 5 nitrogen and oxygen atoms in total. The highest BCUT2D eigenvalue weighted by atomic mass is 35.5. The fraction of sp³-hybridized carbons (Fsp3) is 0.0556. The molecule has 2 heterocycles. The molecule has 7 heteroatoms. The number of carbonyl (C=O) groups is 1. The molecule has 3 rings (SSSR count). The van der Waals surface area contributed by atoms with Gasteiger partial charge in [-0.05, 0) is 48.0 Å². The monoisotopic (exact) mass is 372 g/mol. The first-order valence-electron chi connectivity index (χ1n) is 7.46. The molecule has 0 aliphatic carbocycles. The summed E-state index contributed by atoms with van der Waals surface area (Å²) in [6.45, 7) is 0.407. The fourth-order valence-corrected chi connectivity index (χ4v) is 2.72. The number of pyridine rings is 2. The molecule has 0 atom stereocenters. The van der Waals surface area contributed by atoms with Gasteiger partial charge in [-0.3, -0.25) is 14.8 Å². The number of nitrogens with one attached hydrogen (secondary N) is 2. The Bertz CT molecular complexity index is 867. The second-order valence-electron chi connectivity index (χ2n) is 5.25. The third kappa shape index (κ3) is 4.92. The first-order valence-corrected chi connectivity index (χ1v) is 8.22. The molecule has 1 aromatic carbocycles. The van der Waals surface area contributed by atoms with Gasteiger partial charge < -0.3 is 10.6 Å². The van der Waals surface area contributed by atoms with Crippen molar-refractivity contribution in [2.24, 2.45) is 0 Å². The normalized spacial score (nSPS) is 10.3. The van der Waals surface area contributed by atoms with Crippen molar-refractivity contribution >= 4 is 40.5 Å². The third-order valence-electron chi connectivity index (χ3n) is 3.35. The van der Waals surface area contributed by atoms with Gasteiger partial charge in [0.1, 0.15) is 5.69 Å². The lowest BCUT2D eigenvalue weighted by molar-refractivity contribution is 0.0946. The van der Waals surface area contributed by atoms with Crippen LogP contribution in [0.2, 0.25) is 10.0 Å². The third-order valence-corrected chi connectivity index (χ3v) is 3.78. The van der Waals surface area contributed by atoms with E-state index in [4.69, 9.17) is 23.2 Å². The van der Waals surface area contributed by atoms with Gasteiger partial charge in [-0.1, -0.05) is 23.2 Å². The number of rotatable bonds is 5. The molecule has 0 aliphatic rings. The van der Waals surface area contributed by atoms with Crippen molar-refractivity contribution in [3.63, 3.8) is 0 Å². The summed E-state index contributed by atoms with van der Waals surface area (Å²) >= 11 is 12.0. The van der Waals surface area contributed by atoms with E-state index in [2.05, 4.69) is 20.6 Å². The highest BCUT2D eigenvalue weighted by Gasteiger charge is 2.08. The van der Waals surface area contributed by atoms with Gasteiger partial charge in [0.2, 0.25) is 0 Å². The number of carbonyl (C=O) groups excluding carboxylic acids is 1. The fourth-order valence-electron chi connectivity index (χ4n) is 2.20. The van der Waals surface area contributed by atoms with Gasteiger partial charge in [-0.25, -0.2) is 0 Å². The summed E-state index contributed by atoms with van der Waals surface area (Å²) in [5.41, 5.74) is 2.72. The average molecular weight is 373 g/mol. The largest absolute Gasteiger partial charge is 0.355 e. The Morgan fingerprint density at radius 2 is 1.64 bits per heavy atom. The Labute approximate surface area is 155 Å². The van der Waals surface area contributed by atoms with Crippen molar-refractivity contribution in [1.82, 2.24) is 15.3 Å². The zero-order chi connectivity index (χ0) is 17.6. The van der Waals surface area contributed by atoms with Crippen LogP contribution in [0.3, 0.4) is 0 Å². The molecule has 0 aliphatic heterocycles. The van der Waals surface area contributed by atoms with E-state index in [1.807, 2.05) is 12.1 Å². The Hall–Kier alpha value is -2.63. The van der Waals surface area contributed by atoms with Crippen LogP contribution in [0.25, 0.3) is 0 Å². The van der Waals surface area contributed by atoms with E-state index in [0.29, 0.717) is 28.0 Å². The van der Waals surface area contributed by atoms with Crippen molar-refractivity contribution in [3.05, 3.63) is 82.4 Å². The molecule has 0 spiro atoms. The van der Waals surface area contributed by atoms with E-state index >= 15 is 0 Å². The van der Waals surface area contributed by atoms with Gasteiger partial charge in [-0.15, -0.1) is 0 Å². The number of anilines is 2. The number of hydrogen-bond donors (Lipinski definition) is 2. The van der Waals surface area contributed by atoms with E-state index < -0.39 is 0 Å². The van der Waals surface area contributed by atoms with Gasteiger partial charge in [-0.2, -0.15) is 0 Å². The molecule has 0 radical (unpaired) electrons. The number of amides is 1. The first-order chi connectivity index (χ1) is 12.1. The second-order valence-corrected chi connectivity index (χ2v) is 6.12. The van der Waals surface area contributed by atoms with E-state index in [9.17, 15) is 4.79 Å². The average Bonchev–Trinajstić information content (AvgIpc) is 2.60. The molecule has 0 fully saturated rings. The van der Waals surface area contributed by atoms with Crippen molar-refractivity contribution < 1.29 is 4.79 Å².